The van der Waals surface area contributed by atoms with Gasteiger partial charge in [-0.3, -0.25) is 0 Å². The van der Waals surface area contributed by atoms with E-state index in [1.165, 1.54) is 11.1 Å². The first-order valence-electron chi connectivity index (χ1n) is 6.38. The van der Waals surface area contributed by atoms with Crippen molar-refractivity contribution in [3.8, 4) is 0 Å². The highest BCUT2D eigenvalue weighted by Gasteiger charge is 2.10. The number of hydrogen-bond acceptors (Lipinski definition) is 4. The third-order valence-electron chi connectivity index (χ3n) is 3.16. The van der Waals surface area contributed by atoms with Crippen molar-refractivity contribution >= 4 is 11.6 Å². The molecule has 0 saturated carbocycles. The summed E-state index contributed by atoms with van der Waals surface area (Å²) in [5.41, 5.74) is 3.63. The molecule has 1 N–H and O–H groups in total. The summed E-state index contributed by atoms with van der Waals surface area (Å²) in [5.74, 6) is 1.84. The van der Waals surface area contributed by atoms with Gasteiger partial charge in [0.2, 0.25) is 0 Å². The molecule has 1 aromatic carbocycles. The van der Waals surface area contributed by atoms with Gasteiger partial charge in [-0.05, 0) is 19.4 Å². The molecule has 0 aliphatic rings. The van der Waals surface area contributed by atoms with E-state index in [4.69, 9.17) is 0 Å². The van der Waals surface area contributed by atoms with Crippen molar-refractivity contribution in [2.24, 2.45) is 0 Å². The second-order valence-electron chi connectivity index (χ2n) is 4.77. The average molecular weight is 256 g/mol. The van der Waals surface area contributed by atoms with Crippen LogP contribution in [-0.2, 0) is 6.54 Å². The average Bonchev–Trinajstić information content (AvgIpc) is 2.39. The predicted molar refractivity (Wildman–Crippen MR) is 79.6 cm³/mol. The van der Waals surface area contributed by atoms with Crippen molar-refractivity contribution in [3.05, 3.63) is 47.3 Å². The maximum Gasteiger partial charge on any atom is 0.137 e. The Bertz CT molecular complexity index is 566. The van der Waals surface area contributed by atoms with E-state index in [2.05, 4.69) is 58.4 Å². The highest BCUT2D eigenvalue weighted by Crippen LogP contribution is 2.22. The van der Waals surface area contributed by atoms with Gasteiger partial charge in [-0.15, -0.1) is 0 Å². The number of benzene rings is 1. The second kappa shape index (κ2) is 5.69. The van der Waals surface area contributed by atoms with Crippen molar-refractivity contribution in [1.29, 1.82) is 0 Å². The van der Waals surface area contributed by atoms with Crippen LogP contribution in [0.4, 0.5) is 11.6 Å². The van der Waals surface area contributed by atoms with E-state index >= 15 is 0 Å². The van der Waals surface area contributed by atoms with Crippen LogP contribution in [0.1, 0.15) is 16.7 Å². The third kappa shape index (κ3) is 3.02. The minimum absolute atomic E-state index is 0.836. The Morgan fingerprint density at radius 3 is 2.68 bits per heavy atom. The number of aromatic nitrogens is 2. The first-order chi connectivity index (χ1) is 9.11. The van der Waals surface area contributed by atoms with Crippen molar-refractivity contribution in [2.75, 3.05) is 24.3 Å². The maximum atomic E-state index is 4.38. The first kappa shape index (κ1) is 13.3. The third-order valence-corrected chi connectivity index (χ3v) is 3.16. The molecule has 0 bridgehead atoms. The van der Waals surface area contributed by atoms with Gasteiger partial charge in [-0.2, -0.15) is 0 Å². The predicted octanol–water partition coefficient (Wildman–Crippen LogP) is 2.77. The smallest absolute Gasteiger partial charge is 0.137 e. The number of nitrogens with zero attached hydrogens (tertiary/aromatic N) is 3. The van der Waals surface area contributed by atoms with Crippen LogP contribution in [0.15, 0.2) is 30.6 Å². The van der Waals surface area contributed by atoms with Crippen LogP contribution >= 0.6 is 0 Å². The molecule has 0 atom stereocenters. The van der Waals surface area contributed by atoms with Crippen molar-refractivity contribution in [1.82, 2.24) is 9.97 Å². The summed E-state index contributed by atoms with van der Waals surface area (Å²) >= 11 is 0. The van der Waals surface area contributed by atoms with Gasteiger partial charge in [0.1, 0.15) is 18.0 Å². The molecule has 0 saturated heterocycles. The molecule has 19 heavy (non-hydrogen) atoms. The lowest BCUT2D eigenvalue weighted by Crippen LogP contribution is -2.19. The monoisotopic (exact) mass is 256 g/mol. The maximum absolute atomic E-state index is 4.38. The Morgan fingerprint density at radius 1 is 1.21 bits per heavy atom. The fourth-order valence-corrected chi connectivity index (χ4v) is 2.24. The van der Waals surface area contributed by atoms with Crippen LogP contribution in [0.5, 0.6) is 0 Å². The highest BCUT2D eigenvalue weighted by atomic mass is 15.2. The summed E-state index contributed by atoms with van der Waals surface area (Å²) in [5, 5.41) is 3.09. The zero-order valence-electron chi connectivity index (χ0n) is 11.9. The van der Waals surface area contributed by atoms with Crippen LogP contribution in [0.2, 0.25) is 0 Å². The van der Waals surface area contributed by atoms with Gasteiger partial charge in [0.15, 0.2) is 0 Å². The molecule has 0 amide bonds. The summed E-state index contributed by atoms with van der Waals surface area (Å²) in [4.78, 5) is 10.7. The van der Waals surface area contributed by atoms with Crippen molar-refractivity contribution in [2.45, 2.75) is 20.4 Å². The van der Waals surface area contributed by atoms with Gasteiger partial charge in [0, 0.05) is 26.2 Å². The molecule has 0 radical (unpaired) electrons. The van der Waals surface area contributed by atoms with Crippen LogP contribution in [-0.4, -0.2) is 24.1 Å². The summed E-state index contributed by atoms with van der Waals surface area (Å²) in [6.45, 7) is 4.98. The number of nitrogens with one attached hydrogen (secondary N) is 1. The number of anilines is 2. The van der Waals surface area contributed by atoms with Crippen LogP contribution < -0.4 is 10.2 Å². The number of rotatable bonds is 4. The molecule has 0 spiro atoms. The molecule has 1 heterocycles. The zero-order valence-corrected chi connectivity index (χ0v) is 11.9. The lowest BCUT2D eigenvalue weighted by Gasteiger charge is -2.21. The van der Waals surface area contributed by atoms with Crippen LogP contribution in [0.25, 0.3) is 0 Å². The van der Waals surface area contributed by atoms with Gasteiger partial charge in [0.05, 0.1) is 0 Å². The van der Waals surface area contributed by atoms with Gasteiger partial charge < -0.3 is 10.2 Å². The van der Waals surface area contributed by atoms with E-state index in [0.29, 0.717) is 0 Å². The molecule has 0 aliphatic heterocycles. The second-order valence-corrected chi connectivity index (χ2v) is 4.77. The van der Waals surface area contributed by atoms with E-state index in [9.17, 15) is 0 Å². The van der Waals surface area contributed by atoms with Crippen molar-refractivity contribution < 1.29 is 0 Å². The Kier molecular flexibility index (Phi) is 4.00. The normalized spacial score (nSPS) is 10.3. The minimum Gasteiger partial charge on any atom is -0.373 e. The summed E-state index contributed by atoms with van der Waals surface area (Å²) < 4.78 is 0. The molecule has 0 aliphatic carbocycles. The van der Waals surface area contributed by atoms with Crippen LogP contribution in [0, 0.1) is 13.8 Å². The summed E-state index contributed by atoms with van der Waals surface area (Å²) in [7, 11) is 3.93. The van der Waals surface area contributed by atoms with E-state index in [1.807, 2.05) is 14.0 Å². The molecular weight excluding hydrogens is 236 g/mol. The van der Waals surface area contributed by atoms with E-state index in [1.54, 1.807) is 6.33 Å². The van der Waals surface area contributed by atoms with Crippen molar-refractivity contribution in [3.63, 3.8) is 0 Å². The molecule has 2 rings (SSSR count). The molecule has 4 heteroatoms. The Morgan fingerprint density at radius 2 is 2.00 bits per heavy atom. The lowest BCUT2D eigenvalue weighted by molar-refractivity contribution is 0.882. The summed E-state index contributed by atoms with van der Waals surface area (Å²) in [6.07, 6.45) is 1.60. The zero-order chi connectivity index (χ0) is 13.8. The van der Waals surface area contributed by atoms with Crippen LogP contribution in [0.3, 0.4) is 0 Å². The Labute approximate surface area is 114 Å². The van der Waals surface area contributed by atoms with Gasteiger partial charge >= 0.3 is 0 Å². The fourth-order valence-electron chi connectivity index (χ4n) is 2.24. The first-order valence-corrected chi connectivity index (χ1v) is 6.38. The highest BCUT2D eigenvalue weighted by molar-refractivity contribution is 5.57. The lowest BCUT2D eigenvalue weighted by atomic mass is 10.1. The number of hydrogen-bond donors (Lipinski definition) is 1. The van der Waals surface area contributed by atoms with E-state index < -0.39 is 0 Å². The molecule has 1 aromatic heterocycles. The topological polar surface area (TPSA) is 41.1 Å². The van der Waals surface area contributed by atoms with Gasteiger partial charge in [-0.1, -0.05) is 29.8 Å². The molecule has 0 fully saturated rings. The molecule has 4 nitrogen and oxygen atoms in total. The molecule has 100 valence electrons. The fraction of sp³-hybridized carbons (Fsp3) is 0.333. The Hall–Kier alpha value is -2.10. The number of aryl methyl sites for hydroxylation is 1. The molecular formula is C15H20N4. The quantitative estimate of drug-likeness (QED) is 0.913. The molecule has 0 unspecified atom stereocenters. The largest absolute Gasteiger partial charge is 0.373 e. The summed E-state index contributed by atoms with van der Waals surface area (Å²) in [6, 6.07) is 8.54. The van der Waals surface area contributed by atoms with E-state index in [0.717, 1.165) is 23.7 Å². The van der Waals surface area contributed by atoms with Gasteiger partial charge in [0.25, 0.3) is 0 Å². The standard InChI is InChI=1S/C15H20N4/c1-11-6-5-7-13(8-11)9-19(4)15-12(2)14(16-3)17-10-18-15/h5-8,10H,9H2,1-4H3,(H,16,17,18). The molecule has 2 aromatic rings. The minimum atomic E-state index is 0.836. The van der Waals surface area contributed by atoms with Gasteiger partial charge in [-0.25, -0.2) is 9.97 Å². The van der Waals surface area contributed by atoms with E-state index in [-0.39, 0.29) is 0 Å². The Balaban J connectivity index is 2.23. The SMILES string of the molecule is CNc1ncnc(N(C)Cc2cccc(C)c2)c1C.